The summed E-state index contributed by atoms with van der Waals surface area (Å²) >= 11 is 0. The minimum absolute atomic E-state index is 0.584. The van der Waals surface area contributed by atoms with E-state index < -0.39 is 0 Å². The van der Waals surface area contributed by atoms with E-state index in [0.29, 0.717) is 11.5 Å². The number of methoxy groups -OCH3 is 1. The zero-order valence-corrected chi connectivity index (χ0v) is 15.5. The van der Waals surface area contributed by atoms with Gasteiger partial charge >= 0.3 is 0 Å². The van der Waals surface area contributed by atoms with Crippen LogP contribution in [0.4, 0.5) is 11.5 Å². The van der Waals surface area contributed by atoms with Crippen molar-refractivity contribution in [2.45, 2.75) is 13.8 Å². The lowest BCUT2D eigenvalue weighted by Crippen LogP contribution is -2.06. The largest absolute Gasteiger partial charge is 0.496 e. The van der Waals surface area contributed by atoms with Gasteiger partial charge in [0.2, 0.25) is 0 Å². The van der Waals surface area contributed by atoms with Crippen LogP contribution in [-0.2, 0) is 0 Å². The Bertz CT molecular complexity index is 1160. The van der Waals surface area contributed by atoms with Crippen molar-refractivity contribution in [1.82, 2.24) is 14.5 Å². The number of anilines is 2. The quantitative estimate of drug-likeness (QED) is 0.542. The molecule has 2 heterocycles. The van der Waals surface area contributed by atoms with Crippen LogP contribution in [0.5, 0.6) is 5.75 Å². The normalized spacial score (nSPS) is 11.1. The third-order valence-electron chi connectivity index (χ3n) is 4.87. The van der Waals surface area contributed by atoms with Crippen LogP contribution >= 0.6 is 0 Å². The van der Waals surface area contributed by atoms with E-state index >= 15 is 0 Å². The lowest BCUT2D eigenvalue weighted by atomic mass is 10.1. The lowest BCUT2D eigenvalue weighted by molar-refractivity contribution is 0.411. The maximum absolute atomic E-state index is 6.42. The fraction of sp³-hybridized carbons (Fsp3) is 0.143. The minimum atomic E-state index is 0.584. The monoisotopic (exact) mass is 359 g/mol. The molecule has 2 aromatic carbocycles. The van der Waals surface area contributed by atoms with Crippen LogP contribution < -0.4 is 16.2 Å². The highest BCUT2D eigenvalue weighted by molar-refractivity contribution is 5.97. The topological polar surface area (TPSA) is 92.0 Å². The van der Waals surface area contributed by atoms with Gasteiger partial charge in [-0.05, 0) is 37.6 Å². The zero-order chi connectivity index (χ0) is 19.1. The first-order valence-corrected chi connectivity index (χ1v) is 8.64. The van der Waals surface area contributed by atoms with E-state index in [1.54, 1.807) is 13.4 Å². The number of nitrogen functional groups attached to an aromatic ring is 2. The van der Waals surface area contributed by atoms with Gasteiger partial charge < -0.3 is 16.2 Å². The van der Waals surface area contributed by atoms with E-state index in [0.717, 1.165) is 44.9 Å². The molecule has 6 heteroatoms. The molecule has 6 nitrogen and oxygen atoms in total. The molecule has 4 rings (SSSR count). The molecule has 2 aromatic heterocycles. The van der Waals surface area contributed by atoms with E-state index in [9.17, 15) is 0 Å². The third-order valence-corrected chi connectivity index (χ3v) is 4.87. The van der Waals surface area contributed by atoms with Crippen molar-refractivity contribution >= 4 is 22.5 Å². The summed E-state index contributed by atoms with van der Waals surface area (Å²) in [6.07, 6.45) is 1.55. The van der Waals surface area contributed by atoms with Crippen molar-refractivity contribution in [3.8, 4) is 22.7 Å². The number of nitrogens with zero attached hydrogens (tertiary/aromatic N) is 3. The molecule has 0 spiro atoms. The Morgan fingerprint density at radius 2 is 1.78 bits per heavy atom. The molecular weight excluding hydrogens is 338 g/mol. The number of ether oxygens (including phenoxy) is 1. The Morgan fingerprint density at radius 3 is 2.52 bits per heavy atom. The Morgan fingerprint density at radius 1 is 1.00 bits per heavy atom. The summed E-state index contributed by atoms with van der Waals surface area (Å²) in [7, 11) is 1.66. The fourth-order valence-corrected chi connectivity index (χ4v) is 3.58. The molecule has 27 heavy (non-hydrogen) atoms. The van der Waals surface area contributed by atoms with E-state index in [-0.39, 0.29) is 0 Å². The second kappa shape index (κ2) is 6.32. The molecule has 0 radical (unpaired) electrons. The summed E-state index contributed by atoms with van der Waals surface area (Å²) in [5, 5.41) is 0.856. The molecule has 136 valence electrons. The molecule has 0 aliphatic heterocycles. The Kier molecular flexibility index (Phi) is 3.96. The zero-order valence-electron chi connectivity index (χ0n) is 15.5. The van der Waals surface area contributed by atoms with Gasteiger partial charge in [0.05, 0.1) is 18.5 Å². The van der Waals surface area contributed by atoms with Crippen molar-refractivity contribution < 1.29 is 4.74 Å². The summed E-state index contributed by atoms with van der Waals surface area (Å²) in [5.41, 5.74) is 18.7. The molecule has 0 saturated heterocycles. The molecule has 0 fully saturated rings. The first kappa shape index (κ1) is 16.9. The van der Waals surface area contributed by atoms with Crippen LogP contribution in [0, 0.1) is 13.8 Å². The average molecular weight is 359 g/mol. The molecule has 0 saturated carbocycles. The highest BCUT2D eigenvalue weighted by atomic mass is 16.5. The second-order valence-corrected chi connectivity index (χ2v) is 6.51. The van der Waals surface area contributed by atoms with Crippen LogP contribution in [-0.4, -0.2) is 21.6 Å². The molecule has 4 N–H and O–H groups in total. The van der Waals surface area contributed by atoms with Crippen molar-refractivity contribution in [1.29, 1.82) is 0 Å². The number of aryl methyl sites for hydroxylation is 1. The Balaban J connectivity index is 2.05. The molecule has 4 aromatic rings. The summed E-state index contributed by atoms with van der Waals surface area (Å²) in [5.74, 6) is 1.39. The Hall–Kier alpha value is -3.54. The number of aromatic nitrogens is 3. The summed E-state index contributed by atoms with van der Waals surface area (Å²) < 4.78 is 7.45. The van der Waals surface area contributed by atoms with Crippen molar-refractivity contribution in [3.05, 3.63) is 59.9 Å². The van der Waals surface area contributed by atoms with Crippen LogP contribution in [0.2, 0.25) is 0 Å². The summed E-state index contributed by atoms with van der Waals surface area (Å²) in [6.45, 7) is 4.06. The van der Waals surface area contributed by atoms with Crippen LogP contribution in [0.1, 0.15) is 11.1 Å². The molecule has 0 bridgehead atoms. The average Bonchev–Trinajstić information content (AvgIpc) is 2.99. The lowest BCUT2D eigenvalue weighted by Gasteiger charge is -2.16. The predicted octanol–water partition coefficient (Wildman–Crippen LogP) is 3.88. The first-order chi connectivity index (χ1) is 13.0. The van der Waals surface area contributed by atoms with Gasteiger partial charge in [-0.1, -0.05) is 24.3 Å². The summed E-state index contributed by atoms with van der Waals surface area (Å²) in [4.78, 5) is 9.00. The number of nitrogens with two attached hydrogens (primary N) is 2. The van der Waals surface area contributed by atoms with E-state index in [2.05, 4.69) is 9.97 Å². The van der Waals surface area contributed by atoms with Gasteiger partial charge in [0, 0.05) is 22.2 Å². The first-order valence-electron chi connectivity index (χ1n) is 8.64. The number of rotatable bonds is 3. The number of fused-ring (bicyclic) bond motifs is 1. The molecule has 0 aliphatic rings. The number of para-hydroxylation sites is 1. The maximum atomic E-state index is 6.42. The fourth-order valence-electron chi connectivity index (χ4n) is 3.58. The molecule has 0 aliphatic carbocycles. The van der Waals surface area contributed by atoms with Crippen LogP contribution in [0.3, 0.4) is 0 Å². The molecule has 0 atom stereocenters. The van der Waals surface area contributed by atoms with Crippen LogP contribution in [0.25, 0.3) is 28.0 Å². The standard InChI is InChI=1S/C21H21N5O/c1-12-8-9-17(27-3)13(2)20(12)26-18(23)10-15-19(24-11-25-21(15)26)14-6-4-5-7-16(14)22/h4-11H,22-23H2,1-3H3. The van der Waals surface area contributed by atoms with Gasteiger partial charge in [0.1, 0.15) is 23.5 Å². The van der Waals surface area contributed by atoms with Gasteiger partial charge in [-0.3, -0.25) is 4.57 Å². The van der Waals surface area contributed by atoms with Crippen molar-refractivity contribution in [2.24, 2.45) is 0 Å². The van der Waals surface area contributed by atoms with Gasteiger partial charge in [0.15, 0.2) is 0 Å². The van der Waals surface area contributed by atoms with Gasteiger partial charge in [-0.2, -0.15) is 0 Å². The Labute approximate surface area is 157 Å². The van der Waals surface area contributed by atoms with E-state index in [1.165, 1.54) is 0 Å². The highest BCUT2D eigenvalue weighted by Gasteiger charge is 2.19. The predicted molar refractivity (Wildman–Crippen MR) is 109 cm³/mol. The minimum Gasteiger partial charge on any atom is -0.496 e. The number of hydrogen-bond donors (Lipinski definition) is 2. The van der Waals surface area contributed by atoms with Crippen molar-refractivity contribution in [2.75, 3.05) is 18.6 Å². The van der Waals surface area contributed by atoms with Crippen LogP contribution in [0.15, 0.2) is 48.8 Å². The highest BCUT2D eigenvalue weighted by Crippen LogP contribution is 2.36. The van der Waals surface area contributed by atoms with Gasteiger partial charge in [-0.25, -0.2) is 9.97 Å². The van der Waals surface area contributed by atoms with E-state index in [4.69, 9.17) is 16.2 Å². The number of hydrogen-bond acceptors (Lipinski definition) is 5. The van der Waals surface area contributed by atoms with E-state index in [1.807, 2.05) is 60.9 Å². The molecule has 0 amide bonds. The smallest absolute Gasteiger partial charge is 0.150 e. The summed E-state index contributed by atoms with van der Waals surface area (Å²) in [6, 6.07) is 13.5. The number of benzene rings is 2. The van der Waals surface area contributed by atoms with Crippen molar-refractivity contribution in [3.63, 3.8) is 0 Å². The van der Waals surface area contributed by atoms with Gasteiger partial charge in [-0.15, -0.1) is 0 Å². The van der Waals surface area contributed by atoms with Gasteiger partial charge in [0.25, 0.3) is 0 Å². The molecular formula is C21H21N5O. The third kappa shape index (κ3) is 2.57. The second-order valence-electron chi connectivity index (χ2n) is 6.51. The molecule has 0 unspecified atom stereocenters. The maximum Gasteiger partial charge on any atom is 0.150 e. The SMILES string of the molecule is COc1ccc(C)c(-n2c(N)cc3c(-c4ccccc4N)ncnc32)c1C.